The number of hydrogen-bond acceptors (Lipinski definition) is 4. The molecule has 2 fully saturated rings. The molecule has 5 heteroatoms. The molecular formula is C29H40N2O3. The van der Waals surface area contributed by atoms with Crippen molar-refractivity contribution < 1.29 is 14.6 Å². The zero-order valence-corrected chi connectivity index (χ0v) is 21.0. The largest absolute Gasteiger partial charge is 0.494 e. The first-order chi connectivity index (χ1) is 16.4. The minimum atomic E-state index is -0.749. The first-order valence-electron chi connectivity index (χ1n) is 13.1. The molecule has 0 unspecified atom stereocenters. The van der Waals surface area contributed by atoms with Gasteiger partial charge in [-0.25, -0.2) is 0 Å². The summed E-state index contributed by atoms with van der Waals surface area (Å²) in [5, 5.41) is 13.7. The molecule has 2 aromatic rings. The molecule has 4 rings (SSSR count). The number of nitrogens with zero attached hydrogens (tertiary/aromatic N) is 1. The van der Waals surface area contributed by atoms with Crippen LogP contribution in [0.15, 0.2) is 42.5 Å². The van der Waals surface area contributed by atoms with E-state index in [-0.39, 0.29) is 0 Å². The first kappa shape index (κ1) is 24.4. The van der Waals surface area contributed by atoms with Gasteiger partial charge in [-0.2, -0.15) is 0 Å². The van der Waals surface area contributed by atoms with E-state index in [0.717, 1.165) is 35.7 Å². The Kier molecular flexibility index (Phi) is 7.70. The number of carbonyl (C=O) groups is 1. The van der Waals surface area contributed by atoms with E-state index >= 15 is 0 Å². The number of carboxylic acid groups (broad SMARTS) is 1. The third kappa shape index (κ3) is 5.18. The van der Waals surface area contributed by atoms with Gasteiger partial charge in [0.1, 0.15) is 5.75 Å². The molecule has 0 radical (unpaired) electrons. The number of carboxylic acids is 1. The number of nitrogens with one attached hydrogen (secondary N) is 1. The van der Waals surface area contributed by atoms with Gasteiger partial charge < -0.3 is 20.1 Å². The zero-order valence-electron chi connectivity index (χ0n) is 21.0. The lowest BCUT2D eigenvalue weighted by Crippen LogP contribution is -2.42. The lowest BCUT2D eigenvalue weighted by Gasteiger charge is -2.41. The maximum absolute atomic E-state index is 12.2. The van der Waals surface area contributed by atoms with Crippen molar-refractivity contribution in [2.75, 3.05) is 23.4 Å². The summed E-state index contributed by atoms with van der Waals surface area (Å²) in [5.41, 5.74) is 3.32. The van der Waals surface area contributed by atoms with Crippen molar-refractivity contribution in [2.24, 2.45) is 5.92 Å². The monoisotopic (exact) mass is 464 g/mol. The van der Waals surface area contributed by atoms with Gasteiger partial charge in [0.2, 0.25) is 0 Å². The van der Waals surface area contributed by atoms with Gasteiger partial charge in [0, 0.05) is 18.3 Å². The third-order valence-electron chi connectivity index (χ3n) is 7.50. The molecule has 0 bridgehead atoms. The highest BCUT2D eigenvalue weighted by molar-refractivity contribution is 5.85. The van der Waals surface area contributed by atoms with Crippen molar-refractivity contribution in [2.45, 2.75) is 83.6 Å². The van der Waals surface area contributed by atoms with Crippen LogP contribution in [0.4, 0.5) is 17.1 Å². The van der Waals surface area contributed by atoms with Crippen LogP contribution in [0.3, 0.4) is 0 Å². The Morgan fingerprint density at radius 2 is 1.79 bits per heavy atom. The fraction of sp³-hybridized carbons (Fsp3) is 0.552. The van der Waals surface area contributed by atoms with Crippen LogP contribution in [-0.4, -0.2) is 30.3 Å². The van der Waals surface area contributed by atoms with Crippen LogP contribution in [0.25, 0.3) is 0 Å². The molecule has 34 heavy (non-hydrogen) atoms. The fourth-order valence-corrected chi connectivity index (χ4v) is 5.53. The van der Waals surface area contributed by atoms with E-state index in [0.29, 0.717) is 31.4 Å². The predicted octanol–water partition coefficient (Wildman–Crippen LogP) is 7.13. The van der Waals surface area contributed by atoms with Crippen LogP contribution in [0.5, 0.6) is 5.75 Å². The van der Waals surface area contributed by atoms with Crippen molar-refractivity contribution >= 4 is 23.0 Å². The maximum Gasteiger partial charge on any atom is 0.314 e. The van der Waals surface area contributed by atoms with Crippen LogP contribution in [-0.2, 0) is 10.2 Å². The molecule has 184 valence electrons. The normalized spacial score (nSPS) is 17.8. The van der Waals surface area contributed by atoms with Crippen LogP contribution < -0.4 is 15.0 Å². The Balaban J connectivity index is 1.73. The number of ether oxygens (including phenoxy) is 1. The summed E-state index contributed by atoms with van der Waals surface area (Å²) in [5.74, 6) is 0.687. The molecule has 2 aliphatic rings. The lowest BCUT2D eigenvalue weighted by molar-refractivity contribution is -0.147. The second-order valence-corrected chi connectivity index (χ2v) is 10.4. The molecule has 0 aromatic heterocycles. The SMILES string of the molecule is CCOc1ccc(Nc2cc(C3(C(=O)O)CCC3)ccc2N(CC(C)C)C2CCCCC2)cc1. The van der Waals surface area contributed by atoms with Gasteiger partial charge in [-0.1, -0.05) is 45.6 Å². The highest BCUT2D eigenvalue weighted by Crippen LogP contribution is 2.46. The van der Waals surface area contributed by atoms with Gasteiger partial charge in [-0.05, 0) is 80.5 Å². The van der Waals surface area contributed by atoms with Crippen LogP contribution in [0.1, 0.15) is 77.7 Å². The van der Waals surface area contributed by atoms with E-state index in [1.807, 2.05) is 31.2 Å². The first-order valence-corrected chi connectivity index (χ1v) is 13.1. The number of benzene rings is 2. The van der Waals surface area contributed by atoms with Crippen LogP contribution in [0.2, 0.25) is 0 Å². The van der Waals surface area contributed by atoms with Gasteiger partial charge in [-0.3, -0.25) is 4.79 Å². The van der Waals surface area contributed by atoms with Crippen molar-refractivity contribution in [1.29, 1.82) is 0 Å². The number of rotatable bonds is 10. The summed E-state index contributed by atoms with van der Waals surface area (Å²) in [6, 6.07) is 14.9. The topological polar surface area (TPSA) is 61.8 Å². The second kappa shape index (κ2) is 10.7. The average Bonchev–Trinajstić information content (AvgIpc) is 2.79. The standard InChI is InChI=1S/C29H40N2O3/c1-4-34-25-14-12-23(13-15-25)30-26-19-22(29(28(32)33)17-8-18-29)11-16-27(26)31(20-21(2)3)24-9-6-5-7-10-24/h11-16,19,21,24,30H,4-10,17-18,20H2,1-3H3,(H,32,33). The predicted molar refractivity (Wildman–Crippen MR) is 140 cm³/mol. The van der Waals surface area contributed by atoms with E-state index in [9.17, 15) is 9.90 Å². The summed E-state index contributed by atoms with van der Waals surface area (Å²) < 4.78 is 5.61. The smallest absolute Gasteiger partial charge is 0.314 e. The van der Waals surface area contributed by atoms with Crippen molar-refractivity contribution in [1.82, 2.24) is 0 Å². The summed E-state index contributed by atoms with van der Waals surface area (Å²) in [6.07, 6.45) is 8.71. The second-order valence-electron chi connectivity index (χ2n) is 10.4. The molecule has 0 saturated heterocycles. The molecule has 2 saturated carbocycles. The van der Waals surface area contributed by atoms with Gasteiger partial charge in [-0.15, -0.1) is 0 Å². The summed E-state index contributed by atoms with van der Waals surface area (Å²) in [4.78, 5) is 14.8. The number of anilines is 3. The summed E-state index contributed by atoms with van der Waals surface area (Å²) >= 11 is 0. The van der Waals surface area contributed by atoms with Gasteiger partial charge in [0.05, 0.1) is 23.4 Å². The Hall–Kier alpha value is -2.69. The molecule has 0 heterocycles. The maximum atomic E-state index is 12.2. The Labute approximate surface area is 204 Å². The number of hydrogen-bond donors (Lipinski definition) is 2. The molecule has 0 spiro atoms. The quantitative estimate of drug-likeness (QED) is 0.392. The molecule has 0 aliphatic heterocycles. The van der Waals surface area contributed by atoms with E-state index in [4.69, 9.17) is 4.74 Å². The van der Waals surface area contributed by atoms with Crippen LogP contribution >= 0.6 is 0 Å². The van der Waals surface area contributed by atoms with Crippen molar-refractivity contribution in [3.8, 4) is 5.75 Å². The third-order valence-corrected chi connectivity index (χ3v) is 7.50. The molecule has 2 N–H and O–H groups in total. The minimum Gasteiger partial charge on any atom is -0.494 e. The Bertz CT molecular complexity index is 960. The fourth-order valence-electron chi connectivity index (χ4n) is 5.53. The molecule has 0 atom stereocenters. The Morgan fingerprint density at radius 3 is 2.35 bits per heavy atom. The van der Waals surface area contributed by atoms with E-state index < -0.39 is 11.4 Å². The van der Waals surface area contributed by atoms with Crippen LogP contribution in [0, 0.1) is 5.92 Å². The lowest BCUT2D eigenvalue weighted by atomic mass is 9.64. The molecule has 5 nitrogen and oxygen atoms in total. The van der Waals surface area contributed by atoms with E-state index in [1.54, 1.807) is 0 Å². The average molecular weight is 465 g/mol. The molecule has 2 aliphatic carbocycles. The summed E-state index contributed by atoms with van der Waals surface area (Å²) in [6.45, 7) is 8.17. The van der Waals surface area contributed by atoms with E-state index in [1.165, 1.54) is 37.8 Å². The minimum absolute atomic E-state index is 0.528. The molecular weight excluding hydrogens is 424 g/mol. The summed E-state index contributed by atoms with van der Waals surface area (Å²) in [7, 11) is 0. The molecule has 0 amide bonds. The number of aliphatic carboxylic acids is 1. The Morgan fingerprint density at radius 1 is 1.09 bits per heavy atom. The van der Waals surface area contributed by atoms with Crippen molar-refractivity contribution in [3.63, 3.8) is 0 Å². The van der Waals surface area contributed by atoms with Gasteiger partial charge in [0.25, 0.3) is 0 Å². The van der Waals surface area contributed by atoms with Gasteiger partial charge in [0.15, 0.2) is 0 Å². The molecule has 2 aromatic carbocycles. The highest BCUT2D eigenvalue weighted by Gasteiger charge is 2.46. The van der Waals surface area contributed by atoms with Gasteiger partial charge >= 0.3 is 5.97 Å². The highest BCUT2D eigenvalue weighted by atomic mass is 16.5. The van der Waals surface area contributed by atoms with E-state index in [2.05, 4.69) is 42.3 Å². The van der Waals surface area contributed by atoms with Crippen molar-refractivity contribution in [3.05, 3.63) is 48.0 Å². The zero-order chi connectivity index (χ0) is 24.1.